The second kappa shape index (κ2) is 9.27. The Morgan fingerprint density at radius 1 is 1.23 bits per heavy atom. The van der Waals surface area contributed by atoms with Crippen LogP contribution in [0.15, 0.2) is 60.8 Å². The lowest BCUT2D eigenvalue weighted by Crippen LogP contribution is -2.29. The molecule has 4 rings (SSSR count). The molecule has 1 saturated heterocycles. The zero-order chi connectivity index (χ0) is 21.8. The second-order valence-corrected chi connectivity index (χ2v) is 7.60. The number of para-hydroxylation sites is 1. The number of carbonyl (C=O) groups excluding carboxylic acids is 1. The van der Waals surface area contributed by atoms with E-state index in [2.05, 4.69) is 4.98 Å². The summed E-state index contributed by atoms with van der Waals surface area (Å²) in [5.41, 5.74) is 4.10. The summed E-state index contributed by atoms with van der Waals surface area (Å²) in [5, 5.41) is 10.0. The van der Waals surface area contributed by atoms with Gasteiger partial charge in [-0.3, -0.25) is 4.79 Å². The Hall–Kier alpha value is -3.25. The first-order chi connectivity index (χ1) is 15.1. The van der Waals surface area contributed by atoms with Crippen LogP contribution < -0.4 is 4.74 Å². The Morgan fingerprint density at radius 3 is 2.81 bits per heavy atom. The molecule has 1 N–H and O–H groups in total. The van der Waals surface area contributed by atoms with Gasteiger partial charge in [0, 0.05) is 24.6 Å². The lowest BCUT2D eigenvalue weighted by molar-refractivity contribution is 0.0785. The van der Waals surface area contributed by atoms with Crippen molar-refractivity contribution in [2.24, 2.45) is 0 Å². The molecule has 160 valence electrons. The monoisotopic (exact) mass is 420 g/mol. The third kappa shape index (κ3) is 4.44. The number of hydrogen-bond acceptors (Lipinski definition) is 4. The SMILES string of the molecule is CCOc1ccccc1-c1ccc([C@@H]2CCN(C(=O)c3ccc(F)cn3)C2)c(CO)c1. The van der Waals surface area contributed by atoms with Gasteiger partial charge in [-0.1, -0.05) is 30.3 Å². The first-order valence-corrected chi connectivity index (χ1v) is 10.5. The topological polar surface area (TPSA) is 62.7 Å². The summed E-state index contributed by atoms with van der Waals surface area (Å²) in [5.74, 6) is 0.276. The van der Waals surface area contributed by atoms with Crippen LogP contribution in [-0.4, -0.2) is 40.6 Å². The third-order valence-corrected chi connectivity index (χ3v) is 5.67. The van der Waals surface area contributed by atoms with E-state index in [0.29, 0.717) is 19.7 Å². The minimum Gasteiger partial charge on any atom is -0.493 e. The molecule has 0 aliphatic carbocycles. The van der Waals surface area contributed by atoms with Crippen LogP contribution in [0.1, 0.15) is 40.9 Å². The number of hydrogen-bond donors (Lipinski definition) is 1. The molecule has 0 unspecified atom stereocenters. The fraction of sp³-hybridized carbons (Fsp3) is 0.280. The van der Waals surface area contributed by atoms with Crippen LogP contribution >= 0.6 is 0 Å². The Morgan fingerprint density at radius 2 is 2.06 bits per heavy atom. The number of ether oxygens (including phenoxy) is 1. The van der Waals surface area contributed by atoms with Crippen molar-refractivity contribution in [1.29, 1.82) is 0 Å². The van der Waals surface area contributed by atoms with E-state index >= 15 is 0 Å². The number of benzene rings is 2. The van der Waals surface area contributed by atoms with E-state index in [1.54, 1.807) is 4.90 Å². The predicted octanol–water partition coefficient (Wildman–Crippen LogP) is 4.41. The number of nitrogens with zero attached hydrogens (tertiary/aromatic N) is 2. The molecule has 1 fully saturated rings. The van der Waals surface area contributed by atoms with E-state index in [9.17, 15) is 14.3 Å². The smallest absolute Gasteiger partial charge is 0.272 e. The van der Waals surface area contributed by atoms with Crippen molar-refractivity contribution in [3.63, 3.8) is 0 Å². The van der Waals surface area contributed by atoms with Crippen LogP contribution in [0.5, 0.6) is 5.75 Å². The number of aliphatic hydroxyl groups is 1. The van der Waals surface area contributed by atoms with Crippen LogP contribution in [-0.2, 0) is 6.61 Å². The van der Waals surface area contributed by atoms with Crippen LogP contribution in [0.3, 0.4) is 0 Å². The average molecular weight is 420 g/mol. The second-order valence-electron chi connectivity index (χ2n) is 7.60. The van der Waals surface area contributed by atoms with Gasteiger partial charge in [-0.05, 0) is 54.3 Å². The molecule has 3 aromatic rings. The molecule has 0 saturated carbocycles. The zero-order valence-electron chi connectivity index (χ0n) is 17.4. The van der Waals surface area contributed by atoms with Gasteiger partial charge >= 0.3 is 0 Å². The Bertz CT molecular complexity index is 1070. The quantitative estimate of drug-likeness (QED) is 0.642. The van der Waals surface area contributed by atoms with Crippen molar-refractivity contribution in [2.45, 2.75) is 25.9 Å². The molecule has 2 aromatic carbocycles. The highest BCUT2D eigenvalue weighted by atomic mass is 19.1. The molecule has 2 heterocycles. The van der Waals surface area contributed by atoms with E-state index in [1.165, 1.54) is 12.1 Å². The number of halogens is 1. The number of likely N-dealkylation sites (tertiary alicyclic amines) is 1. The van der Waals surface area contributed by atoms with E-state index in [4.69, 9.17) is 4.74 Å². The summed E-state index contributed by atoms with van der Waals surface area (Å²) >= 11 is 0. The molecular formula is C25H25FN2O3. The number of aromatic nitrogens is 1. The standard InChI is InChI=1S/C25H25FN2O3/c1-2-31-24-6-4-3-5-22(24)17-7-9-21(19(13-17)16-29)18-11-12-28(15-18)25(30)23-10-8-20(26)14-27-23/h3-10,13-14,18,29H,2,11-12,15-16H2,1H3/t18-/m1/s1. The minimum atomic E-state index is -0.463. The van der Waals surface area contributed by atoms with Gasteiger partial charge < -0.3 is 14.7 Å². The number of carbonyl (C=O) groups is 1. The predicted molar refractivity (Wildman–Crippen MR) is 116 cm³/mol. The maximum atomic E-state index is 13.1. The average Bonchev–Trinajstić information content (AvgIpc) is 3.29. The van der Waals surface area contributed by atoms with Gasteiger partial charge in [0.25, 0.3) is 5.91 Å². The largest absolute Gasteiger partial charge is 0.493 e. The highest BCUT2D eigenvalue weighted by Gasteiger charge is 2.30. The molecule has 6 heteroatoms. The fourth-order valence-electron chi connectivity index (χ4n) is 4.16. The number of rotatable bonds is 6. The summed E-state index contributed by atoms with van der Waals surface area (Å²) in [6.07, 6.45) is 1.86. The van der Waals surface area contributed by atoms with Crippen molar-refractivity contribution in [3.05, 3.63) is 83.4 Å². The summed E-state index contributed by atoms with van der Waals surface area (Å²) in [4.78, 5) is 18.4. The van der Waals surface area contributed by atoms with Gasteiger partial charge in [0.1, 0.15) is 17.3 Å². The lowest BCUT2D eigenvalue weighted by atomic mass is 9.90. The molecule has 0 bridgehead atoms. The highest BCUT2D eigenvalue weighted by Crippen LogP contribution is 2.35. The molecule has 1 amide bonds. The van der Waals surface area contributed by atoms with Crippen LogP contribution in [0.4, 0.5) is 4.39 Å². The van der Waals surface area contributed by atoms with Gasteiger partial charge in [-0.2, -0.15) is 0 Å². The van der Waals surface area contributed by atoms with Gasteiger partial charge in [0.2, 0.25) is 0 Å². The van der Waals surface area contributed by atoms with Crippen LogP contribution in [0, 0.1) is 5.82 Å². The number of aliphatic hydroxyl groups excluding tert-OH is 1. The van der Waals surface area contributed by atoms with E-state index in [1.807, 2.05) is 49.4 Å². The molecule has 0 radical (unpaired) electrons. The molecule has 5 nitrogen and oxygen atoms in total. The van der Waals surface area contributed by atoms with Gasteiger partial charge in [-0.15, -0.1) is 0 Å². The van der Waals surface area contributed by atoms with Crippen molar-refractivity contribution in [3.8, 4) is 16.9 Å². The van der Waals surface area contributed by atoms with Gasteiger partial charge in [0.15, 0.2) is 0 Å². The van der Waals surface area contributed by atoms with Gasteiger partial charge in [-0.25, -0.2) is 9.37 Å². The van der Waals surface area contributed by atoms with Crippen molar-refractivity contribution in [2.75, 3.05) is 19.7 Å². The van der Waals surface area contributed by atoms with Crippen molar-refractivity contribution in [1.82, 2.24) is 9.88 Å². The zero-order valence-corrected chi connectivity index (χ0v) is 17.4. The lowest BCUT2D eigenvalue weighted by Gasteiger charge is -2.19. The minimum absolute atomic E-state index is 0.0794. The fourth-order valence-corrected chi connectivity index (χ4v) is 4.16. The highest BCUT2D eigenvalue weighted by molar-refractivity contribution is 5.92. The molecule has 0 spiro atoms. The van der Waals surface area contributed by atoms with Crippen molar-refractivity contribution >= 4 is 5.91 Å². The molecule has 1 aromatic heterocycles. The summed E-state index contributed by atoms with van der Waals surface area (Å²) in [6, 6.07) is 16.6. The van der Waals surface area contributed by atoms with Crippen LogP contribution in [0.2, 0.25) is 0 Å². The first-order valence-electron chi connectivity index (χ1n) is 10.5. The number of amides is 1. The van der Waals surface area contributed by atoms with Gasteiger partial charge in [0.05, 0.1) is 19.4 Å². The Balaban J connectivity index is 1.55. The maximum Gasteiger partial charge on any atom is 0.272 e. The normalized spacial score (nSPS) is 15.8. The molecule has 1 aliphatic heterocycles. The Kier molecular flexibility index (Phi) is 6.28. The summed E-state index contributed by atoms with van der Waals surface area (Å²) in [6.45, 7) is 3.59. The van der Waals surface area contributed by atoms with Crippen LogP contribution in [0.25, 0.3) is 11.1 Å². The van der Waals surface area contributed by atoms with Crippen molar-refractivity contribution < 1.29 is 19.0 Å². The van der Waals surface area contributed by atoms with E-state index in [0.717, 1.165) is 40.6 Å². The maximum absolute atomic E-state index is 13.1. The molecule has 1 atom stereocenters. The summed E-state index contributed by atoms with van der Waals surface area (Å²) < 4.78 is 18.8. The Labute approximate surface area is 181 Å². The third-order valence-electron chi connectivity index (χ3n) is 5.67. The number of pyridine rings is 1. The van der Waals surface area contributed by atoms with E-state index in [-0.39, 0.29) is 24.1 Å². The molecular weight excluding hydrogens is 395 g/mol. The molecule has 31 heavy (non-hydrogen) atoms. The first kappa shape index (κ1) is 21.0. The van der Waals surface area contributed by atoms with E-state index < -0.39 is 5.82 Å². The molecule has 1 aliphatic rings. The summed E-state index contributed by atoms with van der Waals surface area (Å²) in [7, 11) is 0.